The number of carbonyl (C=O) groups excluding carboxylic acids is 1. The Hall–Kier alpha value is -2.17. The monoisotopic (exact) mass is 526 g/mol. The Balaban J connectivity index is 1.13. The van der Waals surface area contributed by atoms with Crippen molar-refractivity contribution in [1.82, 2.24) is 15.2 Å². The molecule has 0 spiro atoms. The van der Waals surface area contributed by atoms with Crippen LogP contribution >= 0.6 is 10.6 Å². The summed E-state index contributed by atoms with van der Waals surface area (Å²) in [5.74, 6) is 1.78. The molecule has 6 rings (SSSR count). The number of nitrogens with two attached hydrogens (primary N) is 1. The van der Waals surface area contributed by atoms with E-state index in [4.69, 9.17) is 5.73 Å². The van der Waals surface area contributed by atoms with Gasteiger partial charge in [0.15, 0.2) is 0 Å². The zero-order valence-corrected chi connectivity index (χ0v) is 22.0. The molecule has 2 aliphatic heterocycles. The van der Waals surface area contributed by atoms with Gasteiger partial charge in [0.1, 0.15) is 5.82 Å². The van der Waals surface area contributed by atoms with E-state index in [0.717, 1.165) is 49.9 Å². The molecule has 37 heavy (non-hydrogen) atoms. The van der Waals surface area contributed by atoms with Crippen LogP contribution in [0.15, 0.2) is 36.5 Å². The Bertz CT molecular complexity index is 1160. The normalized spacial score (nSPS) is 32.5. The second-order valence-corrected chi connectivity index (χ2v) is 14.1. The van der Waals surface area contributed by atoms with Gasteiger partial charge in [0, 0.05) is 53.9 Å². The first-order valence-electron chi connectivity index (χ1n) is 13.6. The number of hydrogen-bond donors (Lipinski definition) is 5. The minimum absolute atomic E-state index is 0.0552. The van der Waals surface area contributed by atoms with Crippen molar-refractivity contribution in [3.05, 3.63) is 47.7 Å². The molecule has 1 aromatic carbocycles. The van der Waals surface area contributed by atoms with Gasteiger partial charge in [-0.15, -0.1) is 0 Å². The maximum absolute atomic E-state index is 12.9. The number of rotatable bonds is 5. The Morgan fingerprint density at radius 3 is 2.46 bits per heavy atom. The van der Waals surface area contributed by atoms with Crippen molar-refractivity contribution in [1.29, 1.82) is 0 Å². The lowest BCUT2D eigenvalue weighted by Crippen LogP contribution is -2.41. The zero-order chi connectivity index (χ0) is 25.8. The summed E-state index contributed by atoms with van der Waals surface area (Å²) in [6.45, 7) is 2.15. The lowest BCUT2D eigenvalue weighted by molar-refractivity contribution is 0.0868. The molecule has 2 unspecified atom stereocenters. The molecule has 2 atom stereocenters. The quantitative estimate of drug-likeness (QED) is 0.400. The van der Waals surface area contributed by atoms with E-state index in [1.165, 1.54) is 12.0 Å². The Labute approximate surface area is 220 Å². The summed E-state index contributed by atoms with van der Waals surface area (Å²) in [6, 6.07) is 11.0. The van der Waals surface area contributed by atoms with Crippen LogP contribution in [0.2, 0.25) is 0 Å². The third-order valence-corrected chi connectivity index (χ3v) is 11.0. The van der Waals surface area contributed by atoms with Gasteiger partial charge in [-0.1, -0.05) is 24.3 Å². The molecule has 9 heteroatoms. The van der Waals surface area contributed by atoms with Crippen molar-refractivity contribution >= 4 is 22.3 Å². The molecule has 2 saturated carbocycles. The van der Waals surface area contributed by atoms with Gasteiger partial charge in [-0.2, -0.15) is 10.6 Å². The van der Waals surface area contributed by atoms with Crippen molar-refractivity contribution in [2.45, 2.75) is 68.5 Å². The molecule has 8 nitrogen and oxygen atoms in total. The minimum Gasteiger partial charge on any atom is -0.393 e. The smallest absolute Gasteiger partial charge is 0.255 e. The highest BCUT2D eigenvalue weighted by atomic mass is 32.3. The van der Waals surface area contributed by atoms with Crippen LogP contribution in [0.3, 0.4) is 0 Å². The highest BCUT2D eigenvalue weighted by Gasteiger charge is 2.61. The van der Waals surface area contributed by atoms with Crippen molar-refractivity contribution in [2.75, 3.05) is 30.3 Å². The Morgan fingerprint density at radius 1 is 1.05 bits per heavy atom. The average Bonchev–Trinajstić information content (AvgIpc) is 3.46. The fourth-order valence-electron chi connectivity index (χ4n) is 6.80. The van der Waals surface area contributed by atoms with Gasteiger partial charge in [-0.3, -0.25) is 18.8 Å². The number of aliphatic hydroxyl groups is 1. The van der Waals surface area contributed by atoms with Gasteiger partial charge in [0.2, 0.25) is 0 Å². The number of amides is 1. The zero-order valence-electron chi connectivity index (χ0n) is 21.2. The number of likely N-dealkylation sites (tertiary alicyclic amines) is 1. The first kappa shape index (κ1) is 25.1. The number of anilines is 1. The molecule has 0 radical (unpaired) electrons. The van der Waals surface area contributed by atoms with Gasteiger partial charge in [-0.05, 0) is 68.1 Å². The van der Waals surface area contributed by atoms with E-state index in [1.807, 2.05) is 6.07 Å². The fraction of sp³-hybridized carbons (Fsp3) is 0.571. The second kappa shape index (κ2) is 9.54. The van der Waals surface area contributed by atoms with Crippen LogP contribution in [0.25, 0.3) is 11.1 Å². The molecule has 1 aromatic heterocycles. The van der Waals surface area contributed by atoms with Crippen molar-refractivity contribution < 1.29 is 19.0 Å². The number of fused-ring (bicyclic) bond motifs is 1. The number of carbonyl (C=O) groups is 1. The number of pyridine rings is 1. The SMILES string of the molecule is Nc1ncc(-c2ccc(C34CC3CN(C3CCS(O)(O)CC3)C4)cc2)cc1C(=O)NC1CCC(O)CC1. The van der Waals surface area contributed by atoms with E-state index in [-0.39, 0.29) is 29.3 Å². The maximum Gasteiger partial charge on any atom is 0.255 e. The summed E-state index contributed by atoms with van der Waals surface area (Å²) >= 11 is 0. The second-order valence-electron chi connectivity index (χ2n) is 11.6. The molecule has 2 saturated heterocycles. The number of benzene rings is 1. The van der Waals surface area contributed by atoms with Crippen molar-refractivity contribution in [3.8, 4) is 11.1 Å². The van der Waals surface area contributed by atoms with Crippen LogP contribution in [0.1, 0.15) is 60.9 Å². The largest absolute Gasteiger partial charge is 0.393 e. The van der Waals surface area contributed by atoms with Crippen LogP contribution in [0, 0.1) is 5.92 Å². The number of piperidine rings is 1. The van der Waals surface area contributed by atoms with Crippen molar-refractivity contribution in [2.24, 2.45) is 5.92 Å². The Kier molecular flexibility index (Phi) is 6.48. The topological polar surface area (TPSA) is 132 Å². The number of aromatic nitrogens is 1. The highest BCUT2D eigenvalue weighted by molar-refractivity contribution is 8.24. The van der Waals surface area contributed by atoms with Crippen LogP contribution in [0.5, 0.6) is 0 Å². The predicted octanol–water partition coefficient (Wildman–Crippen LogP) is 3.85. The van der Waals surface area contributed by atoms with Gasteiger partial charge < -0.3 is 16.2 Å². The molecule has 6 N–H and O–H groups in total. The summed E-state index contributed by atoms with van der Waals surface area (Å²) in [5, 5.41) is 12.8. The van der Waals surface area contributed by atoms with E-state index in [1.54, 1.807) is 6.20 Å². The number of hydrogen-bond acceptors (Lipinski definition) is 7. The number of nitrogen functional groups attached to an aromatic ring is 1. The molecule has 4 fully saturated rings. The van der Waals surface area contributed by atoms with Gasteiger partial charge in [0.05, 0.1) is 11.7 Å². The average molecular weight is 527 g/mol. The third kappa shape index (κ3) is 5.00. The maximum atomic E-state index is 12.9. The van der Waals surface area contributed by atoms with E-state index in [0.29, 0.717) is 41.9 Å². The van der Waals surface area contributed by atoms with E-state index < -0.39 is 10.6 Å². The lowest BCUT2D eigenvalue weighted by Gasteiger charge is -2.42. The molecule has 3 heterocycles. The fourth-order valence-corrected chi connectivity index (χ4v) is 8.30. The molecular formula is C28H38N4O4S. The molecule has 2 aliphatic carbocycles. The number of aliphatic hydroxyl groups excluding tert-OH is 1. The first-order chi connectivity index (χ1) is 17.7. The molecule has 4 aliphatic rings. The predicted molar refractivity (Wildman–Crippen MR) is 147 cm³/mol. The van der Waals surface area contributed by atoms with E-state index in [9.17, 15) is 19.0 Å². The van der Waals surface area contributed by atoms with Gasteiger partial charge in [-0.25, -0.2) is 4.98 Å². The highest BCUT2D eigenvalue weighted by Crippen LogP contribution is 2.60. The van der Waals surface area contributed by atoms with Crippen LogP contribution in [-0.2, 0) is 5.41 Å². The molecular weight excluding hydrogens is 488 g/mol. The van der Waals surface area contributed by atoms with Crippen LogP contribution in [-0.4, -0.2) is 72.8 Å². The molecule has 200 valence electrons. The minimum atomic E-state index is -2.34. The first-order valence-corrected chi connectivity index (χ1v) is 15.4. The Morgan fingerprint density at radius 2 is 1.76 bits per heavy atom. The lowest BCUT2D eigenvalue weighted by atomic mass is 9.92. The van der Waals surface area contributed by atoms with Gasteiger partial charge >= 0.3 is 0 Å². The van der Waals surface area contributed by atoms with Crippen molar-refractivity contribution in [3.63, 3.8) is 0 Å². The molecule has 1 amide bonds. The summed E-state index contributed by atoms with van der Waals surface area (Å²) in [7, 11) is -2.34. The molecule has 2 aromatic rings. The summed E-state index contributed by atoms with van der Waals surface area (Å²) in [5.41, 5.74) is 9.92. The standard InChI is InChI=1S/C28H38N4O4S/c29-26-25(27(34)31-22-5-7-24(33)8-6-22)13-19(15-30-26)18-1-3-20(4-2-18)28-14-21(28)16-32(17-28)23-9-11-37(35,36)12-10-23/h1-4,13,15,21-24,33,35-36H,5-12,14,16-17H2,(H2,29,30)(H,31,34). The van der Waals surface area contributed by atoms with E-state index >= 15 is 0 Å². The van der Waals surface area contributed by atoms with E-state index in [2.05, 4.69) is 39.5 Å². The van der Waals surface area contributed by atoms with Crippen LogP contribution < -0.4 is 11.1 Å². The number of nitrogens with zero attached hydrogens (tertiary/aromatic N) is 2. The van der Waals surface area contributed by atoms with Gasteiger partial charge in [0.25, 0.3) is 5.91 Å². The summed E-state index contributed by atoms with van der Waals surface area (Å²) in [4.78, 5) is 19.8. The molecule has 0 bridgehead atoms. The summed E-state index contributed by atoms with van der Waals surface area (Å²) in [6.07, 6.45) is 7.40. The third-order valence-electron chi connectivity index (χ3n) is 9.23. The number of nitrogens with one attached hydrogen (secondary N) is 1. The summed E-state index contributed by atoms with van der Waals surface area (Å²) < 4.78 is 19.9. The van der Waals surface area contributed by atoms with Crippen LogP contribution in [0.4, 0.5) is 5.82 Å².